The molecule has 0 aliphatic heterocycles. The van der Waals surface area contributed by atoms with Crippen molar-refractivity contribution in [2.45, 2.75) is 0 Å². The van der Waals surface area contributed by atoms with Crippen LogP contribution in [-0.2, 0) is 0 Å². The molecule has 74 valence electrons. The summed E-state index contributed by atoms with van der Waals surface area (Å²) < 4.78 is -0.0351. The van der Waals surface area contributed by atoms with Crippen LogP contribution in [-0.4, -0.2) is 8.77 Å². The SMILES string of the molecule is O=C(I)c1ncccc1-c1ccccc1. The molecule has 1 aromatic carbocycles. The van der Waals surface area contributed by atoms with Crippen LogP contribution >= 0.6 is 22.6 Å². The van der Waals surface area contributed by atoms with E-state index >= 15 is 0 Å². The van der Waals surface area contributed by atoms with Crippen molar-refractivity contribution in [2.24, 2.45) is 0 Å². The third-order valence-electron chi connectivity index (χ3n) is 2.08. The minimum absolute atomic E-state index is 0.0351. The Balaban J connectivity index is 2.58. The molecule has 2 rings (SSSR count). The molecule has 0 N–H and O–H groups in total. The number of carbonyl (C=O) groups excluding carboxylic acids is 1. The maximum atomic E-state index is 11.4. The molecule has 0 unspecified atom stereocenters. The van der Waals surface area contributed by atoms with Crippen LogP contribution in [0.2, 0.25) is 0 Å². The summed E-state index contributed by atoms with van der Waals surface area (Å²) in [6.07, 6.45) is 1.64. The van der Waals surface area contributed by atoms with Gasteiger partial charge in [-0.15, -0.1) is 0 Å². The van der Waals surface area contributed by atoms with Crippen molar-refractivity contribution in [3.63, 3.8) is 0 Å². The maximum absolute atomic E-state index is 11.4. The Morgan fingerprint density at radius 2 is 1.80 bits per heavy atom. The monoisotopic (exact) mass is 309 g/mol. The number of pyridine rings is 1. The normalized spacial score (nSPS) is 9.93. The third kappa shape index (κ3) is 2.23. The van der Waals surface area contributed by atoms with E-state index in [1.165, 1.54) is 0 Å². The number of aromatic nitrogens is 1. The highest BCUT2D eigenvalue weighted by atomic mass is 127. The summed E-state index contributed by atoms with van der Waals surface area (Å²) in [6.45, 7) is 0. The molecule has 0 radical (unpaired) electrons. The van der Waals surface area contributed by atoms with Gasteiger partial charge in [-0.05, 0) is 11.6 Å². The molecule has 0 saturated carbocycles. The molecule has 2 nitrogen and oxygen atoms in total. The zero-order chi connectivity index (χ0) is 10.7. The number of hydrogen-bond acceptors (Lipinski definition) is 2. The molecule has 3 heteroatoms. The van der Waals surface area contributed by atoms with Gasteiger partial charge in [0.1, 0.15) is 5.69 Å². The maximum Gasteiger partial charge on any atom is 0.241 e. The van der Waals surface area contributed by atoms with Gasteiger partial charge in [0.15, 0.2) is 0 Å². The van der Waals surface area contributed by atoms with Gasteiger partial charge in [0.25, 0.3) is 0 Å². The van der Waals surface area contributed by atoms with Crippen molar-refractivity contribution in [1.29, 1.82) is 0 Å². The molecule has 1 aromatic heterocycles. The molecule has 0 spiro atoms. The van der Waals surface area contributed by atoms with Crippen molar-refractivity contribution in [1.82, 2.24) is 4.98 Å². The summed E-state index contributed by atoms with van der Waals surface area (Å²) in [6, 6.07) is 13.5. The van der Waals surface area contributed by atoms with Crippen LogP contribution in [0.3, 0.4) is 0 Å². The fraction of sp³-hybridized carbons (Fsp3) is 0. The lowest BCUT2D eigenvalue weighted by atomic mass is 10.1. The van der Waals surface area contributed by atoms with E-state index in [1.807, 2.05) is 42.5 Å². The molecule has 0 bridgehead atoms. The van der Waals surface area contributed by atoms with E-state index in [9.17, 15) is 4.79 Å². The lowest BCUT2D eigenvalue weighted by Crippen LogP contribution is -1.96. The van der Waals surface area contributed by atoms with E-state index in [-0.39, 0.29) is 3.79 Å². The molecule has 2 aromatic rings. The van der Waals surface area contributed by atoms with Gasteiger partial charge in [0.05, 0.1) is 0 Å². The number of rotatable bonds is 2. The van der Waals surface area contributed by atoms with Crippen molar-refractivity contribution in [2.75, 3.05) is 0 Å². The van der Waals surface area contributed by atoms with E-state index in [0.29, 0.717) is 5.69 Å². The van der Waals surface area contributed by atoms with Gasteiger partial charge >= 0.3 is 0 Å². The second-order valence-corrected chi connectivity index (χ2v) is 4.02. The zero-order valence-electron chi connectivity index (χ0n) is 7.85. The molecule has 0 atom stereocenters. The quantitative estimate of drug-likeness (QED) is 0.629. The first-order valence-electron chi connectivity index (χ1n) is 4.49. The Hall–Kier alpha value is -1.23. The Labute approximate surface area is 101 Å². The predicted octanol–water partition coefficient (Wildman–Crippen LogP) is 3.32. The summed E-state index contributed by atoms with van der Waals surface area (Å²) in [5, 5.41) is 0. The zero-order valence-corrected chi connectivity index (χ0v) is 10.0. The summed E-state index contributed by atoms with van der Waals surface area (Å²) in [4.78, 5) is 15.5. The van der Waals surface area contributed by atoms with Crippen molar-refractivity contribution >= 4 is 26.4 Å². The highest BCUT2D eigenvalue weighted by molar-refractivity contribution is 14.1. The average molecular weight is 309 g/mol. The lowest BCUT2D eigenvalue weighted by molar-refractivity contribution is 0.110. The Bertz CT molecular complexity index is 482. The fourth-order valence-corrected chi connectivity index (χ4v) is 1.84. The average Bonchev–Trinajstić information content (AvgIpc) is 2.30. The molecule has 0 fully saturated rings. The molecule has 1 heterocycles. The van der Waals surface area contributed by atoms with Gasteiger partial charge < -0.3 is 0 Å². The van der Waals surface area contributed by atoms with Gasteiger partial charge in [-0.25, -0.2) is 0 Å². The van der Waals surface area contributed by atoms with Crippen LogP contribution in [0.15, 0.2) is 48.7 Å². The van der Waals surface area contributed by atoms with E-state index in [2.05, 4.69) is 4.98 Å². The predicted molar refractivity (Wildman–Crippen MR) is 68.0 cm³/mol. The molecule has 0 aliphatic carbocycles. The minimum atomic E-state index is -0.0351. The number of hydrogen-bond donors (Lipinski definition) is 0. The van der Waals surface area contributed by atoms with Crippen LogP contribution in [0.5, 0.6) is 0 Å². The molecule has 0 aliphatic rings. The van der Waals surface area contributed by atoms with E-state index in [4.69, 9.17) is 0 Å². The summed E-state index contributed by atoms with van der Waals surface area (Å²) >= 11 is 1.76. The molecule has 0 amide bonds. The fourth-order valence-electron chi connectivity index (χ4n) is 1.41. The van der Waals surface area contributed by atoms with E-state index < -0.39 is 0 Å². The number of benzene rings is 1. The van der Waals surface area contributed by atoms with Gasteiger partial charge in [-0.2, -0.15) is 0 Å². The van der Waals surface area contributed by atoms with Crippen LogP contribution in [0.25, 0.3) is 11.1 Å². The summed E-state index contributed by atoms with van der Waals surface area (Å²) in [7, 11) is 0. The standard InChI is InChI=1S/C12H8INO/c13-12(15)11-10(7-4-8-14-11)9-5-2-1-3-6-9/h1-8H. The second kappa shape index (κ2) is 4.53. The largest absolute Gasteiger partial charge is 0.280 e. The van der Waals surface area contributed by atoms with Crippen molar-refractivity contribution in [3.05, 3.63) is 54.4 Å². The molecule has 15 heavy (non-hydrogen) atoms. The Morgan fingerprint density at radius 1 is 1.07 bits per heavy atom. The van der Waals surface area contributed by atoms with Crippen LogP contribution in [0.1, 0.15) is 10.5 Å². The van der Waals surface area contributed by atoms with Crippen LogP contribution in [0.4, 0.5) is 0 Å². The second-order valence-electron chi connectivity index (χ2n) is 3.04. The first-order chi connectivity index (χ1) is 7.29. The van der Waals surface area contributed by atoms with Gasteiger partial charge in [0.2, 0.25) is 3.79 Å². The highest BCUT2D eigenvalue weighted by Gasteiger charge is 2.10. The smallest absolute Gasteiger partial charge is 0.241 e. The van der Waals surface area contributed by atoms with Crippen LogP contribution < -0.4 is 0 Å². The molecule has 0 saturated heterocycles. The van der Waals surface area contributed by atoms with Gasteiger partial charge in [-0.1, -0.05) is 36.4 Å². The van der Waals surface area contributed by atoms with Crippen molar-refractivity contribution < 1.29 is 4.79 Å². The highest BCUT2D eigenvalue weighted by Crippen LogP contribution is 2.23. The first-order valence-corrected chi connectivity index (χ1v) is 5.57. The minimum Gasteiger partial charge on any atom is -0.280 e. The van der Waals surface area contributed by atoms with Gasteiger partial charge in [0, 0.05) is 34.4 Å². The van der Waals surface area contributed by atoms with Crippen molar-refractivity contribution in [3.8, 4) is 11.1 Å². The van der Waals surface area contributed by atoms with E-state index in [1.54, 1.807) is 28.8 Å². The summed E-state index contributed by atoms with van der Waals surface area (Å²) in [5.74, 6) is 0. The molecular formula is C12H8INO. The number of carbonyl (C=O) groups is 1. The summed E-state index contributed by atoms with van der Waals surface area (Å²) in [5.41, 5.74) is 2.42. The number of nitrogens with zero attached hydrogens (tertiary/aromatic N) is 1. The lowest BCUT2D eigenvalue weighted by Gasteiger charge is -2.04. The topological polar surface area (TPSA) is 30.0 Å². The Kier molecular flexibility index (Phi) is 3.11. The molecular weight excluding hydrogens is 301 g/mol. The Morgan fingerprint density at radius 3 is 2.47 bits per heavy atom. The van der Waals surface area contributed by atoms with E-state index in [0.717, 1.165) is 11.1 Å². The van der Waals surface area contributed by atoms with Gasteiger partial charge in [-0.3, -0.25) is 9.78 Å². The number of halogens is 1. The third-order valence-corrected chi connectivity index (χ3v) is 2.59. The first kappa shape index (κ1) is 10.3. The van der Waals surface area contributed by atoms with Crippen LogP contribution in [0, 0.1) is 0 Å².